The highest BCUT2D eigenvalue weighted by Crippen LogP contribution is 2.23. The van der Waals surface area contributed by atoms with Gasteiger partial charge in [-0.25, -0.2) is 0 Å². The van der Waals surface area contributed by atoms with E-state index >= 15 is 0 Å². The van der Waals surface area contributed by atoms with Gasteiger partial charge in [0.15, 0.2) is 5.11 Å². The summed E-state index contributed by atoms with van der Waals surface area (Å²) in [5.41, 5.74) is 4.33. The Bertz CT molecular complexity index is 1090. The summed E-state index contributed by atoms with van der Waals surface area (Å²) in [6.45, 7) is 10.1. The van der Waals surface area contributed by atoms with Gasteiger partial charge >= 0.3 is 0 Å². The van der Waals surface area contributed by atoms with Gasteiger partial charge in [-0.2, -0.15) is 10.2 Å². The molecule has 3 heterocycles. The van der Waals surface area contributed by atoms with E-state index in [9.17, 15) is 0 Å². The summed E-state index contributed by atoms with van der Waals surface area (Å²) >= 11 is 18.0. The minimum absolute atomic E-state index is 0.662. The maximum absolute atomic E-state index is 6.32. The second kappa shape index (κ2) is 10.2. The van der Waals surface area contributed by atoms with Crippen molar-refractivity contribution in [1.29, 1.82) is 0 Å². The van der Waals surface area contributed by atoms with Crippen LogP contribution in [0.25, 0.3) is 0 Å². The zero-order valence-electron chi connectivity index (χ0n) is 18.3. The number of halogens is 2. The minimum atomic E-state index is 0.662. The summed E-state index contributed by atoms with van der Waals surface area (Å²) < 4.78 is 3.90. The van der Waals surface area contributed by atoms with Crippen molar-refractivity contribution in [2.45, 2.75) is 33.5 Å². The van der Waals surface area contributed by atoms with Gasteiger partial charge in [-0.3, -0.25) is 14.3 Å². The first-order valence-corrected chi connectivity index (χ1v) is 11.8. The van der Waals surface area contributed by atoms with Crippen molar-refractivity contribution in [3.8, 4) is 0 Å². The Labute approximate surface area is 203 Å². The number of nitrogens with one attached hydrogen (secondary N) is 1. The van der Waals surface area contributed by atoms with Crippen LogP contribution in [0, 0.1) is 6.92 Å². The second-order valence-corrected chi connectivity index (χ2v) is 9.16. The molecule has 7 nitrogen and oxygen atoms in total. The van der Waals surface area contributed by atoms with Crippen LogP contribution in [0.4, 0.5) is 5.69 Å². The van der Waals surface area contributed by atoms with Gasteiger partial charge in [0.1, 0.15) is 0 Å². The van der Waals surface area contributed by atoms with E-state index in [0.29, 0.717) is 16.6 Å². The summed E-state index contributed by atoms with van der Waals surface area (Å²) in [7, 11) is 0. The van der Waals surface area contributed by atoms with Crippen LogP contribution in [-0.2, 0) is 19.6 Å². The number of hydrogen-bond acceptors (Lipinski definition) is 4. The molecule has 0 amide bonds. The smallest absolute Gasteiger partial charge is 0.173 e. The molecule has 1 aliphatic rings. The van der Waals surface area contributed by atoms with Gasteiger partial charge in [0, 0.05) is 66.8 Å². The number of benzene rings is 1. The lowest BCUT2D eigenvalue weighted by atomic mass is 10.2. The molecule has 10 heteroatoms. The van der Waals surface area contributed by atoms with E-state index in [1.165, 1.54) is 11.3 Å². The fraction of sp³-hybridized carbons (Fsp3) is 0.409. The summed E-state index contributed by atoms with van der Waals surface area (Å²) in [5.74, 6) is 0. The standard InChI is InChI=1S/C22H27Cl2N7S/c1-3-31-16(2)18(11-26-31)14-30-15-20(12-25-30)27-22(32)29-8-6-28(7-9-29)13-17-4-5-19(23)10-21(17)24/h4-5,10-12,15H,3,6-9,13-14H2,1-2H3,(H,27,32). The van der Waals surface area contributed by atoms with Crippen LogP contribution in [0.1, 0.15) is 23.7 Å². The average Bonchev–Trinajstić information content (AvgIpc) is 3.37. The van der Waals surface area contributed by atoms with E-state index in [-0.39, 0.29) is 0 Å². The van der Waals surface area contributed by atoms with Crippen LogP contribution in [-0.4, -0.2) is 60.7 Å². The Kier molecular flexibility index (Phi) is 7.35. The molecule has 1 saturated heterocycles. The van der Waals surface area contributed by atoms with Crippen LogP contribution in [0.2, 0.25) is 10.0 Å². The maximum Gasteiger partial charge on any atom is 0.173 e. The molecule has 0 radical (unpaired) electrons. The minimum Gasteiger partial charge on any atom is -0.346 e. The van der Waals surface area contributed by atoms with Crippen molar-refractivity contribution in [3.63, 3.8) is 0 Å². The first kappa shape index (κ1) is 23.0. The molecule has 0 saturated carbocycles. The molecule has 1 N–H and O–H groups in total. The van der Waals surface area contributed by atoms with Crippen LogP contribution in [0.15, 0.2) is 36.8 Å². The van der Waals surface area contributed by atoms with Crippen molar-refractivity contribution >= 4 is 46.2 Å². The first-order valence-electron chi connectivity index (χ1n) is 10.7. The Morgan fingerprint density at radius 3 is 2.53 bits per heavy atom. The molecular formula is C22H27Cl2N7S. The van der Waals surface area contributed by atoms with Gasteiger partial charge in [-0.05, 0) is 43.8 Å². The topological polar surface area (TPSA) is 54.2 Å². The molecule has 0 unspecified atom stereocenters. The SMILES string of the molecule is CCn1ncc(Cn2cc(NC(=S)N3CCN(Cc4ccc(Cl)cc4Cl)CC3)cn2)c1C. The van der Waals surface area contributed by atoms with Gasteiger partial charge in [0.05, 0.1) is 24.6 Å². The molecule has 0 atom stereocenters. The van der Waals surface area contributed by atoms with Crippen molar-refractivity contribution in [1.82, 2.24) is 29.4 Å². The number of anilines is 1. The Morgan fingerprint density at radius 1 is 1.06 bits per heavy atom. The van der Waals surface area contributed by atoms with Crippen LogP contribution >= 0.6 is 35.4 Å². The summed E-state index contributed by atoms with van der Waals surface area (Å²) in [6.07, 6.45) is 5.70. The molecule has 1 aliphatic heterocycles. The highest BCUT2D eigenvalue weighted by atomic mass is 35.5. The monoisotopic (exact) mass is 491 g/mol. The van der Waals surface area contributed by atoms with Gasteiger partial charge in [0.25, 0.3) is 0 Å². The zero-order valence-corrected chi connectivity index (χ0v) is 20.6. The molecule has 0 aliphatic carbocycles. The zero-order chi connectivity index (χ0) is 22.7. The largest absolute Gasteiger partial charge is 0.346 e. The lowest BCUT2D eigenvalue weighted by Crippen LogP contribution is -2.49. The molecule has 1 aromatic carbocycles. The molecular weight excluding hydrogens is 465 g/mol. The first-order chi connectivity index (χ1) is 15.4. The fourth-order valence-electron chi connectivity index (χ4n) is 3.85. The third-order valence-electron chi connectivity index (χ3n) is 5.79. The van der Waals surface area contributed by atoms with E-state index in [1.54, 1.807) is 6.07 Å². The number of aromatic nitrogens is 4. The quantitative estimate of drug-likeness (QED) is 0.519. The Morgan fingerprint density at radius 2 is 1.84 bits per heavy atom. The number of rotatable bonds is 6. The predicted octanol–water partition coefficient (Wildman–Crippen LogP) is 4.28. The third kappa shape index (κ3) is 5.43. The van der Waals surface area contributed by atoms with E-state index in [4.69, 9.17) is 35.4 Å². The van der Waals surface area contributed by atoms with Gasteiger partial charge in [-0.15, -0.1) is 0 Å². The molecule has 170 valence electrons. The molecule has 4 rings (SSSR count). The van der Waals surface area contributed by atoms with Crippen molar-refractivity contribution in [2.75, 3.05) is 31.5 Å². The molecule has 0 spiro atoms. The number of nitrogens with zero attached hydrogens (tertiary/aromatic N) is 6. The number of thiocarbonyl (C=S) groups is 1. The molecule has 3 aromatic rings. The van der Waals surface area contributed by atoms with E-state index in [2.05, 4.69) is 39.2 Å². The van der Waals surface area contributed by atoms with E-state index in [0.717, 1.165) is 55.6 Å². The summed E-state index contributed by atoms with van der Waals surface area (Å²) in [4.78, 5) is 4.58. The number of hydrogen-bond donors (Lipinski definition) is 1. The van der Waals surface area contributed by atoms with Crippen molar-refractivity contribution < 1.29 is 0 Å². The van der Waals surface area contributed by atoms with Crippen LogP contribution in [0.5, 0.6) is 0 Å². The van der Waals surface area contributed by atoms with Crippen LogP contribution < -0.4 is 5.32 Å². The predicted molar refractivity (Wildman–Crippen MR) is 133 cm³/mol. The lowest BCUT2D eigenvalue weighted by Gasteiger charge is -2.36. The number of piperazine rings is 1. The van der Waals surface area contributed by atoms with Gasteiger partial charge in [0.2, 0.25) is 0 Å². The Balaban J connectivity index is 1.27. The second-order valence-electron chi connectivity index (χ2n) is 7.93. The highest BCUT2D eigenvalue weighted by Gasteiger charge is 2.20. The lowest BCUT2D eigenvalue weighted by molar-refractivity contribution is 0.177. The molecule has 0 bridgehead atoms. The summed E-state index contributed by atoms with van der Waals surface area (Å²) in [5, 5.41) is 14.3. The average molecular weight is 492 g/mol. The number of aryl methyl sites for hydroxylation is 1. The summed E-state index contributed by atoms with van der Waals surface area (Å²) in [6, 6.07) is 5.68. The van der Waals surface area contributed by atoms with E-state index in [1.807, 2.05) is 40.1 Å². The van der Waals surface area contributed by atoms with Crippen LogP contribution in [0.3, 0.4) is 0 Å². The third-order valence-corrected chi connectivity index (χ3v) is 6.74. The molecule has 2 aromatic heterocycles. The fourth-order valence-corrected chi connectivity index (χ4v) is 4.62. The molecule has 1 fully saturated rings. The molecule has 32 heavy (non-hydrogen) atoms. The van der Waals surface area contributed by atoms with E-state index < -0.39 is 0 Å². The van der Waals surface area contributed by atoms with Crippen molar-refractivity contribution in [3.05, 3.63) is 63.7 Å². The van der Waals surface area contributed by atoms with Gasteiger partial charge in [-0.1, -0.05) is 29.3 Å². The highest BCUT2D eigenvalue weighted by molar-refractivity contribution is 7.80. The Hall–Kier alpha value is -2.13. The van der Waals surface area contributed by atoms with Crippen molar-refractivity contribution in [2.24, 2.45) is 0 Å². The normalized spacial score (nSPS) is 14.7. The maximum atomic E-state index is 6.32. The van der Waals surface area contributed by atoms with Gasteiger partial charge < -0.3 is 10.2 Å².